The minimum absolute atomic E-state index is 0.0474. The van der Waals surface area contributed by atoms with Crippen LogP contribution in [0.25, 0.3) is 11.3 Å². The predicted octanol–water partition coefficient (Wildman–Crippen LogP) is 3.50. The number of fused-ring (bicyclic) bond motifs is 2. The van der Waals surface area contributed by atoms with Crippen LogP contribution in [0.4, 0.5) is 14.7 Å². The van der Waals surface area contributed by atoms with E-state index in [1.807, 2.05) is 23.1 Å². The van der Waals surface area contributed by atoms with Crippen LogP contribution in [0.3, 0.4) is 0 Å². The van der Waals surface area contributed by atoms with Crippen molar-refractivity contribution >= 4 is 17.7 Å². The standard InChI is InChI=1S/C18H18F2N4S/c19-18(20)5-4-12-15(22-17(23-16(12)18)24-6-1-7-24)10-2-3-11-13(21)9-25-14(11)8-10/h2-3,8,13H,1,4-7,9,21H2. The molecule has 2 aliphatic heterocycles. The van der Waals surface area contributed by atoms with E-state index >= 15 is 0 Å². The Morgan fingerprint density at radius 1 is 1.24 bits per heavy atom. The van der Waals surface area contributed by atoms with Crippen LogP contribution in [0.15, 0.2) is 23.1 Å². The van der Waals surface area contributed by atoms with Gasteiger partial charge in [0.2, 0.25) is 5.95 Å². The van der Waals surface area contributed by atoms with Gasteiger partial charge in [0.25, 0.3) is 5.92 Å². The molecule has 130 valence electrons. The maximum atomic E-state index is 14.3. The van der Waals surface area contributed by atoms with Crippen LogP contribution in [0.1, 0.15) is 35.7 Å². The molecular formula is C18H18F2N4S. The van der Waals surface area contributed by atoms with E-state index in [1.54, 1.807) is 11.8 Å². The maximum Gasteiger partial charge on any atom is 0.290 e. The zero-order valence-electron chi connectivity index (χ0n) is 13.6. The Labute approximate surface area is 148 Å². The van der Waals surface area contributed by atoms with Crippen molar-refractivity contribution in [3.63, 3.8) is 0 Å². The van der Waals surface area contributed by atoms with Gasteiger partial charge in [0.1, 0.15) is 5.69 Å². The van der Waals surface area contributed by atoms with E-state index in [2.05, 4.69) is 9.97 Å². The lowest BCUT2D eigenvalue weighted by molar-refractivity contribution is -0.00593. The van der Waals surface area contributed by atoms with Crippen LogP contribution < -0.4 is 10.6 Å². The van der Waals surface area contributed by atoms with Gasteiger partial charge in [-0.15, -0.1) is 11.8 Å². The summed E-state index contributed by atoms with van der Waals surface area (Å²) in [5.74, 6) is -1.57. The third-order valence-electron chi connectivity index (χ3n) is 5.27. The fraction of sp³-hybridized carbons (Fsp3) is 0.444. The molecule has 5 rings (SSSR count). The van der Waals surface area contributed by atoms with Crippen molar-refractivity contribution in [1.82, 2.24) is 9.97 Å². The van der Waals surface area contributed by atoms with E-state index < -0.39 is 5.92 Å². The highest BCUT2D eigenvalue weighted by molar-refractivity contribution is 7.99. The van der Waals surface area contributed by atoms with Crippen LogP contribution in [-0.4, -0.2) is 28.8 Å². The number of hydrogen-bond acceptors (Lipinski definition) is 5. The number of nitrogens with two attached hydrogens (primary N) is 1. The zero-order chi connectivity index (χ0) is 17.2. The fourth-order valence-electron chi connectivity index (χ4n) is 3.69. The Balaban J connectivity index is 1.67. The highest BCUT2D eigenvalue weighted by Crippen LogP contribution is 2.46. The SMILES string of the molecule is NC1CSc2cc(-c3nc(N4CCC4)nc4c3CCC4(F)F)ccc21. The number of aromatic nitrogens is 2. The van der Waals surface area contributed by atoms with Crippen molar-refractivity contribution in [2.75, 3.05) is 23.7 Å². The Bertz CT molecular complexity index is 866. The lowest BCUT2D eigenvalue weighted by Gasteiger charge is -2.31. The first-order valence-corrected chi connectivity index (χ1v) is 9.58. The first-order chi connectivity index (χ1) is 12.0. The maximum absolute atomic E-state index is 14.3. The molecule has 0 spiro atoms. The second-order valence-electron chi connectivity index (χ2n) is 6.91. The Morgan fingerprint density at radius 2 is 2.08 bits per heavy atom. The minimum Gasteiger partial charge on any atom is -0.341 e. The van der Waals surface area contributed by atoms with Crippen molar-refractivity contribution in [3.8, 4) is 11.3 Å². The van der Waals surface area contributed by atoms with Crippen LogP contribution >= 0.6 is 11.8 Å². The van der Waals surface area contributed by atoms with Gasteiger partial charge in [-0.25, -0.2) is 9.97 Å². The van der Waals surface area contributed by atoms with Crippen LogP contribution in [0.2, 0.25) is 0 Å². The molecular weight excluding hydrogens is 342 g/mol. The molecule has 1 fully saturated rings. The summed E-state index contributed by atoms with van der Waals surface area (Å²) in [5.41, 5.74) is 9.30. The predicted molar refractivity (Wildman–Crippen MR) is 94.2 cm³/mol. The highest BCUT2D eigenvalue weighted by atomic mass is 32.2. The molecule has 1 aliphatic carbocycles. The molecule has 0 radical (unpaired) electrons. The lowest BCUT2D eigenvalue weighted by Crippen LogP contribution is -2.38. The summed E-state index contributed by atoms with van der Waals surface area (Å²) in [7, 11) is 0. The van der Waals surface area contributed by atoms with Gasteiger partial charge in [-0.05, 0) is 24.5 Å². The summed E-state index contributed by atoms with van der Waals surface area (Å²) in [6.07, 6.45) is 1.19. The Hall–Kier alpha value is -1.73. The average molecular weight is 360 g/mol. The number of thioether (sulfide) groups is 1. The molecule has 0 bridgehead atoms. The van der Waals surface area contributed by atoms with Gasteiger partial charge in [0.05, 0.1) is 5.69 Å². The third-order valence-corrected chi connectivity index (χ3v) is 6.46. The average Bonchev–Trinajstić information content (AvgIpc) is 3.06. The van der Waals surface area contributed by atoms with E-state index in [1.165, 1.54) is 0 Å². The summed E-state index contributed by atoms with van der Waals surface area (Å²) >= 11 is 1.72. The minimum atomic E-state index is -2.86. The number of benzene rings is 1. The Kier molecular flexibility index (Phi) is 3.34. The molecule has 1 unspecified atom stereocenters. The van der Waals surface area contributed by atoms with Gasteiger partial charge in [0, 0.05) is 47.3 Å². The fourth-order valence-corrected chi connectivity index (χ4v) is 4.83. The molecule has 0 amide bonds. The first-order valence-electron chi connectivity index (χ1n) is 8.60. The summed E-state index contributed by atoms with van der Waals surface area (Å²) in [5, 5.41) is 0. The van der Waals surface area contributed by atoms with Crippen molar-refractivity contribution in [1.29, 1.82) is 0 Å². The number of nitrogens with zero attached hydrogens (tertiary/aromatic N) is 3. The molecule has 1 atom stereocenters. The first kappa shape index (κ1) is 15.5. The van der Waals surface area contributed by atoms with Crippen molar-refractivity contribution in [2.45, 2.75) is 36.1 Å². The van der Waals surface area contributed by atoms with Crippen molar-refractivity contribution in [3.05, 3.63) is 35.0 Å². The summed E-state index contributed by atoms with van der Waals surface area (Å²) in [6.45, 7) is 1.66. The zero-order valence-corrected chi connectivity index (χ0v) is 14.5. The monoisotopic (exact) mass is 360 g/mol. The largest absolute Gasteiger partial charge is 0.341 e. The van der Waals surface area contributed by atoms with Gasteiger partial charge in [0.15, 0.2) is 0 Å². The quantitative estimate of drug-likeness (QED) is 0.888. The van der Waals surface area contributed by atoms with Gasteiger partial charge in [-0.2, -0.15) is 8.78 Å². The van der Waals surface area contributed by atoms with Crippen molar-refractivity contribution < 1.29 is 8.78 Å². The van der Waals surface area contributed by atoms with E-state index in [0.29, 0.717) is 23.6 Å². The molecule has 2 aromatic rings. The van der Waals surface area contributed by atoms with Gasteiger partial charge >= 0.3 is 0 Å². The molecule has 0 saturated carbocycles. The van der Waals surface area contributed by atoms with Crippen LogP contribution in [0, 0.1) is 0 Å². The van der Waals surface area contributed by atoms with Crippen LogP contribution in [-0.2, 0) is 12.3 Å². The Morgan fingerprint density at radius 3 is 2.84 bits per heavy atom. The van der Waals surface area contributed by atoms with Gasteiger partial charge < -0.3 is 10.6 Å². The second-order valence-corrected chi connectivity index (χ2v) is 7.98. The third kappa shape index (κ3) is 2.36. The van der Waals surface area contributed by atoms with Gasteiger partial charge in [-0.1, -0.05) is 12.1 Å². The smallest absolute Gasteiger partial charge is 0.290 e. The molecule has 1 saturated heterocycles. The number of alkyl halides is 2. The van der Waals surface area contributed by atoms with E-state index in [0.717, 1.165) is 41.3 Å². The molecule has 3 heterocycles. The van der Waals surface area contributed by atoms with Crippen LogP contribution in [0.5, 0.6) is 0 Å². The molecule has 3 aliphatic rings. The highest BCUT2D eigenvalue weighted by Gasteiger charge is 2.43. The molecule has 1 aromatic carbocycles. The summed E-state index contributed by atoms with van der Waals surface area (Å²) in [4.78, 5) is 12.0. The number of rotatable bonds is 2. The van der Waals surface area contributed by atoms with Crippen molar-refractivity contribution in [2.24, 2.45) is 5.73 Å². The normalized spacial score (nSPS) is 23.3. The summed E-state index contributed by atoms with van der Waals surface area (Å²) in [6, 6.07) is 6.07. The molecule has 25 heavy (non-hydrogen) atoms. The van der Waals surface area contributed by atoms with E-state index in [-0.39, 0.29) is 18.2 Å². The molecule has 4 nitrogen and oxygen atoms in total. The molecule has 2 N–H and O–H groups in total. The lowest BCUT2D eigenvalue weighted by atomic mass is 10.0. The topological polar surface area (TPSA) is 55.0 Å². The number of hydrogen-bond donors (Lipinski definition) is 1. The second kappa shape index (κ2) is 5.38. The molecule has 1 aromatic heterocycles. The molecule has 7 heteroatoms. The number of anilines is 1. The van der Waals surface area contributed by atoms with E-state index in [9.17, 15) is 8.78 Å². The number of halogens is 2. The van der Waals surface area contributed by atoms with Gasteiger partial charge in [-0.3, -0.25) is 0 Å². The van der Waals surface area contributed by atoms with E-state index in [4.69, 9.17) is 5.73 Å². The summed E-state index contributed by atoms with van der Waals surface area (Å²) < 4.78 is 28.7.